The zero-order valence-electron chi connectivity index (χ0n) is 13.0. The second kappa shape index (κ2) is 7.52. The van der Waals surface area contributed by atoms with Gasteiger partial charge >= 0.3 is 0 Å². The minimum absolute atomic E-state index is 0.0278. The van der Waals surface area contributed by atoms with Crippen LogP contribution in [0.4, 0.5) is 0 Å². The maximum absolute atomic E-state index is 12.7. The van der Waals surface area contributed by atoms with Crippen molar-refractivity contribution in [2.24, 2.45) is 0 Å². The van der Waals surface area contributed by atoms with Gasteiger partial charge in [0.25, 0.3) is 0 Å². The van der Waals surface area contributed by atoms with E-state index in [1.165, 1.54) is 6.08 Å². The summed E-state index contributed by atoms with van der Waals surface area (Å²) < 4.78 is 0.948. The number of Topliss-reactive ketones (excluding diaryl/α,β-unsaturated/α-hetero) is 1. The first-order chi connectivity index (χ1) is 12.1. The smallest absolute Gasteiger partial charge is 0.205 e. The first-order valence-corrected chi connectivity index (χ1v) is 8.61. The minimum atomic E-state index is -0.337. The molecule has 2 aromatic carbocycles. The molecule has 3 aromatic rings. The van der Waals surface area contributed by atoms with Crippen molar-refractivity contribution in [3.8, 4) is 6.07 Å². The number of rotatable bonds is 4. The maximum Gasteiger partial charge on any atom is 0.205 e. The lowest BCUT2D eigenvalue weighted by Crippen LogP contribution is -2.00. The summed E-state index contributed by atoms with van der Waals surface area (Å²) in [6.07, 6.45) is 4.64. The summed E-state index contributed by atoms with van der Waals surface area (Å²) >= 11 is 9.62. The van der Waals surface area contributed by atoms with Gasteiger partial charge in [0, 0.05) is 32.2 Å². The van der Waals surface area contributed by atoms with Crippen molar-refractivity contribution in [2.45, 2.75) is 0 Å². The number of allylic oxidation sites excluding steroid dienone is 3. The van der Waals surface area contributed by atoms with Crippen LogP contribution in [0.3, 0.4) is 0 Å². The molecule has 1 N–H and O–H groups in total. The van der Waals surface area contributed by atoms with E-state index in [2.05, 4.69) is 20.9 Å². The lowest BCUT2D eigenvalue weighted by Gasteiger charge is -1.99. The normalized spacial score (nSPS) is 12.2. The van der Waals surface area contributed by atoms with Gasteiger partial charge in [0.1, 0.15) is 11.6 Å². The van der Waals surface area contributed by atoms with Crippen LogP contribution >= 0.6 is 27.5 Å². The molecule has 0 atom stereocenters. The van der Waals surface area contributed by atoms with Crippen molar-refractivity contribution in [1.82, 2.24) is 4.98 Å². The molecule has 1 heterocycles. The number of fused-ring (bicyclic) bond motifs is 1. The number of aromatic nitrogens is 1. The van der Waals surface area contributed by atoms with Crippen molar-refractivity contribution in [2.75, 3.05) is 0 Å². The first-order valence-electron chi connectivity index (χ1n) is 7.44. The Kier molecular flexibility index (Phi) is 5.18. The molecule has 0 bridgehead atoms. The Bertz CT molecular complexity index is 1040. The van der Waals surface area contributed by atoms with Crippen molar-refractivity contribution in [3.05, 3.63) is 88.1 Å². The standard InChI is InChI=1S/C20H12BrClN2O/c21-15-8-5-13(6-9-15)18(22)10-7-14(11-23)20(25)17-12-24-19-4-2-1-3-16(17)19/h1-10,12,24H/b14-7+,18-10-. The van der Waals surface area contributed by atoms with Gasteiger partial charge in [0.05, 0.1) is 0 Å². The number of ketones is 1. The summed E-state index contributed by atoms with van der Waals surface area (Å²) in [7, 11) is 0. The number of nitrogens with one attached hydrogen (secondary N) is 1. The summed E-state index contributed by atoms with van der Waals surface area (Å²) in [5, 5.41) is 10.6. The third-order valence-corrected chi connectivity index (χ3v) is 4.59. The summed E-state index contributed by atoms with van der Waals surface area (Å²) in [4.78, 5) is 15.7. The van der Waals surface area contributed by atoms with E-state index in [0.29, 0.717) is 10.6 Å². The number of hydrogen-bond donors (Lipinski definition) is 1. The van der Waals surface area contributed by atoms with E-state index < -0.39 is 0 Å². The highest BCUT2D eigenvalue weighted by atomic mass is 79.9. The molecule has 1 aromatic heterocycles. The van der Waals surface area contributed by atoms with E-state index in [0.717, 1.165) is 20.9 Å². The molecule has 0 fully saturated rings. The topological polar surface area (TPSA) is 56.6 Å². The number of aromatic amines is 1. The first kappa shape index (κ1) is 17.2. The van der Waals surface area contributed by atoms with Crippen LogP contribution in [-0.4, -0.2) is 10.8 Å². The van der Waals surface area contributed by atoms with E-state index in [1.54, 1.807) is 12.3 Å². The molecule has 0 aliphatic heterocycles. The molecule has 0 radical (unpaired) electrons. The van der Waals surface area contributed by atoms with E-state index >= 15 is 0 Å². The van der Waals surface area contributed by atoms with Gasteiger partial charge in [0.15, 0.2) is 0 Å². The number of halogens is 2. The predicted molar refractivity (Wildman–Crippen MR) is 104 cm³/mol. The third-order valence-electron chi connectivity index (χ3n) is 3.72. The number of hydrogen-bond acceptors (Lipinski definition) is 2. The lowest BCUT2D eigenvalue weighted by molar-refractivity contribution is 0.104. The number of nitrogens with zero attached hydrogens (tertiary/aromatic N) is 1. The molecule has 0 saturated carbocycles. The van der Waals surface area contributed by atoms with E-state index in [1.807, 2.05) is 54.6 Å². The largest absolute Gasteiger partial charge is 0.360 e. The summed E-state index contributed by atoms with van der Waals surface area (Å²) in [6.45, 7) is 0. The molecule has 0 saturated heterocycles. The van der Waals surface area contributed by atoms with Gasteiger partial charge in [-0.1, -0.05) is 57.9 Å². The van der Waals surface area contributed by atoms with Crippen LogP contribution in [0.15, 0.2) is 76.9 Å². The van der Waals surface area contributed by atoms with Crippen molar-refractivity contribution in [1.29, 1.82) is 5.26 Å². The lowest BCUT2D eigenvalue weighted by atomic mass is 10.0. The SMILES string of the molecule is N#C/C(=C\C=C(/Cl)c1ccc(Br)cc1)C(=O)c1c[nH]c2ccccc12. The highest BCUT2D eigenvalue weighted by molar-refractivity contribution is 9.10. The Labute approximate surface area is 158 Å². The van der Waals surface area contributed by atoms with Gasteiger partial charge in [-0.05, 0) is 35.9 Å². The van der Waals surface area contributed by atoms with Crippen molar-refractivity contribution in [3.63, 3.8) is 0 Å². The van der Waals surface area contributed by atoms with Gasteiger partial charge in [0.2, 0.25) is 5.78 Å². The van der Waals surface area contributed by atoms with Crippen LogP contribution in [0.25, 0.3) is 15.9 Å². The van der Waals surface area contributed by atoms with Gasteiger partial charge in [-0.15, -0.1) is 0 Å². The number of benzene rings is 2. The van der Waals surface area contributed by atoms with Gasteiger partial charge in [-0.25, -0.2) is 0 Å². The Morgan fingerprint density at radius 2 is 1.84 bits per heavy atom. The Balaban J connectivity index is 1.92. The average molecular weight is 412 g/mol. The zero-order chi connectivity index (χ0) is 17.8. The van der Waals surface area contributed by atoms with Crippen LogP contribution in [-0.2, 0) is 0 Å². The van der Waals surface area contributed by atoms with Crippen molar-refractivity contribution >= 4 is 49.2 Å². The van der Waals surface area contributed by atoms with Crippen LogP contribution in [0.2, 0.25) is 0 Å². The second-order valence-corrected chi connectivity index (χ2v) is 6.61. The van der Waals surface area contributed by atoms with Crippen molar-refractivity contribution < 1.29 is 4.79 Å². The Morgan fingerprint density at radius 3 is 2.56 bits per heavy atom. The summed E-state index contributed by atoms with van der Waals surface area (Å²) in [5.41, 5.74) is 2.15. The molecule has 0 unspecified atom stereocenters. The second-order valence-electron chi connectivity index (χ2n) is 5.29. The fraction of sp³-hybridized carbons (Fsp3) is 0. The van der Waals surface area contributed by atoms with E-state index in [9.17, 15) is 10.1 Å². The van der Waals surface area contributed by atoms with Crippen LogP contribution in [0, 0.1) is 11.3 Å². The van der Waals surface area contributed by atoms with Gasteiger partial charge in [-0.3, -0.25) is 4.79 Å². The zero-order valence-corrected chi connectivity index (χ0v) is 15.3. The number of H-pyrrole nitrogens is 1. The minimum Gasteiger partial charge on any atom is -0.360 e. The van der Waals surface area contributed by atoms with Crippen LogP contribution in [0.5, 0.6) is 0 Å². The molecule has 5 heteroatoms. The van der Waals surface area contributed by atoms with Gasteiger partial charge < -0.3 is 4.98 Å². The van der Waals surface area contributed by atoms with Crippen LogP contribution < -0.4 is 0 Å². The fourth-order valence-corrected chi connectivity index (χ4v) is 2.88. The Morgan fingerprint density at radius 1 is 1.12 bits per heavy atom. The van der Waals surface area contributed by atoms with E-state index in [-0.39, 0.29) is 11.4 Å². The molecule has 122 valence electrons. The number of carbonyl (C=O) groups excluding carboxylic acids is 1. The quantitative estimate of drug-likeness (QED) is 0.254. The highest BCUT2D eigenvalue weighted by Crippen LogP contribution is 2.23. The molecule has 3 rings (SSSR count). The monoisotopic (exact) mass is 410 g/mol. The number of nitriles is 1. The maximum atomic E-state index is 12.7. The average Bonchev–Trinajstić information content (AvgIpc) is 3.06. The number of para-hydroxylation sites is 1. The summed E-state index contributed by atoms with van der Waals surface area (Å²) in [5.74, 6) is -0.337. The molecular formula is C20H12BrClN2O. The Hall–Kier alpha value is -2.61. The third kappa shape index (κ3) is 3.74. The van der Waals surface area contributed by atoms with Gasteiger partial charge in [-0.2, -0.15) is 5.26 Å². The van der Waals surface area contributed by atoms with E-state index in [4.69, 9.17) is 11.6 Å². The molecule has 0 spiro atoms. The molecule has 3 nitrogen and oxygen atoms in total. The predicted octanol–water partition coefficient (Wildman–Crippen LogP) is 5.84. The molecule has 25 heavy (non-hydrogen) atoms. The molecular weight excluding hydrogens is 400 g/mol. The fourth-order valence-electron chi connectivity index (χ4n) is 2.43. The highest BCUT2D eigenvalue weighted by Gasteiger charge is 2.15. The molecule has 0 aliphatic rings. The molecule has 0 amide bonds. The van der Waals surface area contributed by atoms with Crippen LogP contribution in [0.1, 0.15) is 15.9 Å². The number of carbonyl (C=O) groups is 1. The molecule has 0 aliphatic carbocycles. The summed E-state index contributed by atoms with van der Waals surface area (Å²) in [6, 6.07) is 16.9.